The number of carbonyl (C=O) groups is 1. The second-order valence-electron chi connectivity index (χ2n) is 8.61. The number of rotatable bonds is 4. The third-order valence-corrected chi connectivity index (χ3v) is 6.68. The van der Waals surface area contributed by atoms with Gasteiger partial charge in [0.2, 0.25) is 0 Å². The first-order chi connectivity index (χ1) is 15.0. The van der Waals surface area contributed by atoms with E-state index in [9.17, 15) is 4.79 Å². The van der Waals surface area contributed by atoms with Crippen LogP contribution in [0.5, 0.6) is 5.75 Å². The second-order valence-corrected chi connectivity index (χ2v) is 9.01. The molecule has 6 heteroatoms. The van der Waals surface area contributed by atoms with E-state index in [1.807, 2.05) is 6.07 Å². The molecular weight excluding hydrogens is 410 g/mol. The lowest BCUT2D eigenvalue weighted by atomic mass is 9.92. The minimum atomic E-state index is 0.0173. The summed E-state index contributed by atoms with van der Waals surface area (Å²) in [5.41, 5.74) is 3.87. The Hall–Kier alpha value is -2.55. The topological polar surface area (TPSA) is 65.4 Å². The summed E-state index contributed by atoms with van der Waals surface area (Å²) in [5.74, 6) is 0.704. The lowest BCUT2D eigenvalue weighted by Crippen LogP contribution is -2.39. The van der Waals surface area contributed by atoms with E-state index in [1.54, 1.807) is 18.2 Å². The van der Waals surface area contributed by atoms with Gasteiger partial charge in [-0.2, -0.15) is 5.26 Å². The Morgan fingerprint density at radius 2 is 1.84 bits per heavy atom. The van der Waals surface area contributed by atoms with Crippen LogP contribution in [0.3, 0.4) is 0 Å². The fourth-order valence-corrected chi connectivity index (χ4v) is 4.64. The molecule has 0 radical (unpaired) electrons. The van der Waals surface area contributed by atoms with Crippen molar-refractivity contribution in [3.63, 3.8) is 0 Å². The number of carbonyl (C=O) groups excluding carboxylic acids is 1. The standard InChI is InChI=1S/C25H28ClN3O2/c1-29-12-10-17-2-3-19(14-18(17)11-13-29)25(30)28-21-5-8-22(9-6-21)31-23-7-4-20(16-27)24(26)15-23/h2-4,7,14-15,21-22H,5-6,8-13H2,1H3,(H,28,30). The Kier molecular flexibility index (Phi) is 6.80. The van der Waals surface area contributed by atoms with Crippen LogP contribution in [0.25, 0.3) is 0 Å². The average molecular weight is 438 g/mol. The van der Waals surface area contributed by atoms with Gasteiger partial charge in [-0.3, -0.25) is 4.79 Å². The molecular formula is C25H28ClN3O2. The Morgan fingerprint density at radius 3 is 2.55 bits per heavy atom. The molecule has 31 heavy (non-hydrogen) atoms. The highest BCUT2D eigenvalue weighted by molar-refractivity contribution is 6.31. The van der Waals surface area contributed by atoms with E-state index in [-0.39, 0.29) is 18.1 Å². The van der Waals surface area contributed by atoms with Crippen LogP contribution < -0.4 is 10.1 Å². The van der Waals surface area contributed by atoms with E-state index in [0.29, 0.717) is 16.3 Å². The van der Waals surface area contributed by atoms with Gasteiger partial charge < -0.3 is 15.0 Å². The molecule has 4 rings (SSSR count). The van der Waals surface area contributed by atoms with Crippen molar-refractivity contribution < 1.29 is 9.53 Å². The first-order valence-corrected chi connectivity index (χ1v) is 11.4. The van der Waals surface area contributed by atoms with E-state index >= 15 is 0 Å². The summed E-state index contributed by atoms with van der Waals surface area (Å²) in [4.78, 5) is 15.2. The highest BCUT2D eigenvalue weighted by atomic mass is 35.5. The maximum absolute atomic E-state index is 12.8. The van der Waals surface area contributed by atoms with Gasteiger partial charge in [0.25, 0.3) is 5.91 Å². The highest BCUT2D eigenvalue weighted by Crippen LogP contribution is 2.27. The Balaban J connectivity index is 1.29. The zero-order valence-corrected chi connectivity index (χ0v) is 18.6. The van der Waals surface area contributed by atoms with E-state index in [0.717, 1.165) is 57.2 Å². The molecule has 1 aliphatic heterocycles. The number of hydrogen-bond acceptors (Lipinski definition) is 4. The van der Waals surface area contributed by atoms with Crippen LogP contribution in [0.1, 0.15) is 52.7 Å². The summed E-state index contributed by atoms with van der Waals surface area (Å²) in [7, 11) is 2.15. The number of hydrogen-bond donors (Lipinski definition) is 1. The summed E-state index contributed by atoms with van der Waals surface area (Å²) in [6.45, 7) is 2.10. The molecule has 0 bridgehead atoms. The van der Waals surface area contributed by atoms with E-state index in [4.69, 9.17) is 21.6 Å². The molecule has 1 heterocycles. The molecule has 1 fully saturated rings. The molecule has 0 saturated heterocycles. The molecule has 1 amide bonds. The number of benzene rings is 2. The first kappa shape index (κ1) is 21.7. The monoisotopic (exact) mass is 437 g/mol. The number of nitrogens with zero attached hydrogens (tertiary/aromatic N) is 2. The van der Waals surface area contributed by atoms with Crippen LogP contribution in [0.4, 0.5) is 0 Å². The van der Waals surface area contributed by atoms with Crippen molar-refractivity contribution in [2.45, 2.75) is 50.7 Å². The van der Waals surface area contributed by atoms with Gasteiger partial charge in [0.05, 0.1) is 16.7 Å². The van der Waals surface area contributed by atoms with Crippen LogP contribution in [0.2, 0.25) is 5.02 Å². The zero-order valence-electron chi connectivity index (χ0n) is 17.9. The molecule has 5 nitrogen and oxygen atoms in total. The molecule has 1 N–H and O–H groups in total. The van der Waals surface area contributed by atoms with Gasteiger partial charge in [-0.25, -0.2) is 0 Å². The van der Waals surface area contributed by atoms with Crippen molar-refractivity contribution in [1.29, 1.82) is 5.26 Å². The fraction of sp³-hybridized carbons (Fsp3) is 0.440. The Morgan fingerprint density at radius 1 is 1.10 bits per heavy atom. The van der Waals surface area contributed by atoms with Gasteiger partial charge in [-0.15, -0.1) is 0 Å². The lowest BCUT2D eigenvalue weighted by molar-refractivity contribution is 0.0894. The second kappa shape index (κ2) is 9.72. The van der Waals surface area contributed by atoms with E-state index in [2.05, 4.69) is 35.5 Å². The summed E-state index contributed by atoms with van der Waals surface area (Å²) < 4.78 is 6.05. The molecule has 0 aromatic heterocycles. The quantitative estimate of drug-likeness (QED) is 0.771. The summed E-state index contributed by atoms with van der Waals surface area (Å²) in [5, 5.41) is 12.6. The predicted molar refractivity (Wildman–Crippen MR) is 122 cm³/mol. The SMILES string of the molecule is CN1CCc2ccc(C(=O)NC3CCC(Oc4ccc(C#N)c(Cl)c4)CC3)cc2CC1. The third-order valence-electron chi connectivity index (χ3n) is 6.37. The number of halogens is 1. The third kappa shape index (κ3) is 5.39. The summed E-state index contributed by atoms with van der Waals surface area (Å²) in [6.07, 6.45) is 5.66. The molecule has 2 aromatic carbocycles. The van der Waals surface area contributed by atoms with Crippen molar-refractivity contribution in [2.24, 2.45) is 0 Å². The van der Waals surface area contributed by atoms with Crippen molar-refractivity contribution in [3.8, 4) is 11.8 Å². The minimum Gasteiger partial charge on any atom is -0.490 e. The number of nitriles is 1. The number of nitrogens with one attached hydrogen (secondary N) is 1. The molecule has 1 saturated carbocycles. The van der Waals surface area contributed by atoms with E-state index < -0.39 is 0 Å². The molecule has 1 aliphatic carbocycles. The molecule has 0 spiro atoms. The number of amides is 1. The highest BCUT2D eigenvalue weighted by Gasteiger charge is 2.24. The average Bonchev–Trinajstić information content (AvgIpc) is 2.96. The molecule has 162 valence electrons. The molecule has 2 aliphatic rings. The van der Waals surface area contributed by atoms with Crippen molar-refractivity contribution in [3.05, 3.63) is 63.7 Å². The largest absolute Gasteiger partial charge is 0.490 e. The predicted octanol–water partition coefficient (Wildman–Crippen LogP) is 4.36. The van der Waals surface area contributed by atoms with E-state index in [1.165, 1.54) is 11.1 Å². The fourth-order valence-electron chi connectivity index (χ4n) is 4.42. The van der Waals surface area contributed by atoms with Gasteiger partial charge in [0.1, 0.15) is 11.8 Å². The van der Waals surface area contributed by atoms with Crippen LogP contribution in [0, 0.1) is 11.3 Å². The smallest absolute Gasteiger partial charge is 0.251 e. The number of ether oxygens (including phenoxy) is 1. The molecule has 0 unspecified atom stereocenters. The number of likely N-dealkylation sites (N-methyl/N-ethyl adjacent to an activating group) is 1. The van der Waals surface area contributed by atoms with Gasteiger partial charge in [0, 0.05) is 30.8 Å². The van der Waals surface area contributed by atoms with Gasteiger partial charge in [-0.1, -0.05) is 17.7 Å². The number of fused-ring (bicyclic) bond motifs is 1. The molecule has 0 atom stereocenters. The van der Waals surface area contributed by atoms with Crippen molar-refractivity contribution in [1.82, 2.24) is 10.2 Å². The maximum Gasteiger partial charge on any atom is 0.251 e. The van der Waals surface area contributed by atoms with Crippen molar-refractivity contribution >= 4 is 17.5 Å². The maximum atomic E-state index is 12.8. The molecule has 2 aromatic rings. The van der Waals surface area contributed by atoms with Crippen molar-refractivity contribution in [2.75, 3.05) is 20.1 Å². The van der Waals surface area contributed by atoms with Gasteiger partial charge in [0.15, 0.2) is 0 Å². The minimum absolute atomic E-state index is 0.0173. The van der Waals surface area contributed by atoms with Crippen LogP contribution in [-0.4, -0.2) is 43.1 Å². The van der Waals surface area contributed by atoms with Crippen LogP contribution in [0.15, 0.2) is 36.4 Å². The van der Waals surface area contributed by atoms with Gasteiger partial charge >= 0.3 is 0 Å². The van der Waals surface area contributed by atoms with Crippen LogP contribution in [-0.2, 0) is 12.8 Å². The lowest BCUT2D eigenvalue weighted by Gasteiger charge is -2.29. The van der Waals surface area contributed by atoms with Gasteiger partial charge in [-0.05, 0) is 81.0 Å². The summed E-state index contributed by atoms with van der Waals surface area (Å²) in [6, 6.07) is 13.6. The zero-order chi connectivity index (χ0) is 21.8. The summed E-state index contributed by atoms with van der Waals surface area (Å²) >= 11 is 6.09. The normalized spacial score (nSPS) is 21.5. The Labute approximate surface area is 189 Å². The Bertz CT molecular complexity index is 993. The first-order valence-electron chi connectivity index (χ1n) is 11.0. The van der Waals surface area contributed by atoms with Crippen LogP contribution >= 0.6 is 11.6 Å².